The number of anilines is 2. The number of oxazole rings is 1. The Labute approximate surface area is 162 Å². The molecule has 28 heavy (non-hydrogen) atoms. The SMILES string of the molecule is O=C(c1coc(Nc2ccccc2)n1)N1CCNCC1COc1cccnc1. The van der Waals surface area contributed by atoms with Crippen LogP contribution in [0.4, 0.5) is 11.7 Å². The maximum atomic E-state index is 13.0. The molecule has 0 saturated carbocycles. The molecule has 1 amide bonds. The van der Waals surface area contributed by atoms with Crippen LogP contribution in [-0.4, -0.2) is 53.1 Å². The van der Waals surface area contributed by atoms with Crippen LogP contribution in [0.25, 0.3) is 0 Å². The van der Waals surface area contributed by atoms with E-state index in [1.165, 1.54) is 6.26 Å². The highest BCUT2D eigenvalue weighted by Crippen LogP contribution is 2.18. The van der Waals surface area contributed by atoms with Gasteiger partial charge in [-0.1, -0.05) is 18.2 Å². The lowest BCUT2D eigenvalue weighted by Crippen LogP contribution is -2.56. The van der Waals surface area contributed by atoms with Crippen molar-refractivity contribution in [2.45, 2.75) is 6.04 Å². The van der Waals surface area contributed by atoms with Crippen LogP contribution in [0, 0.1) is 0 Å². The largest absolute Gasteiger partial charge is 0.490 e. The molecular weight excluding hydrogens is 358 g/mol. The number of aromatic nitrogens is 2. The van der Waals surface area contributed by atoms with Crippen molar-refractivity contribution in [3.8, 4) is 5.75 Å². The fourth-order valence-electron chi connectivity index (χ4n) is 3.02. The predicted octanol–water partition coefficient (Wildman–Crippen LogP) is 2.31. The third kappa shape index (κ3) is 4.29. The summed E-state index contributed by atoms with van der Waals surface area (Å²) in [6.07, 6.45) is 4.73. The van der Waals surface area contributed by atoms with Gasteiger partial charge in [-0.3, -0.25) is 9.78 Å². The Balaban J connectivity index is 1.42. The molecule has 0 spiro atoms. The van der Waals surface area contributed by atoms with Crippen LogP contribution in [-0.2, 0) is 0 Å². The van der Waals surface area contributed by atoms with Crippen molar-refractivity contribution in [2.24, 2.45) is 0 Å². The second kappa shape index (κ2) is 8.53. The van der Waals surface area contributed by atoms with Gasteiger partial charge in [-0.25, -0.2) is 0 Å². The van der Waals surface area contributed by atoms with Crippen LogP contribution in [0.5, 0.6) is 5.75 Å². The summed E-state index contributed by atoms with van der Waals surface area (Å²) in [7, 11) is 0. The van der Waals surface area contributed by atoms with Crippen molar-refractivity contribution in [1.29, 1.82) is 0 Å². The highest BCUT2D eigenvalue weighted by atomic mass is 16.5. The van der Waals surface area contributed by atoms with Crippen LogP contribution in [0.2, 0.25) is 0 Å². The molecule has 1 aliphatic heterocycles. The van der Waals surface area contributed by atoms with E-state index in [0.29, 0.717) is 25.4 Å². The van der Waals surface area contributed by atoms with Gasteiger partial charge in [0.15, 0.2) is 5.69 Å². The Kier molecular flexibility index (Phi) is 5.48. The second-order valence-electron chi connectivity index (χ2n) is 6.39. The lowest BCUT2D eigenvalue weighted by atomic mass is 10.2. The van der Waals surface area contributed by atoms with Gasteiger partial charge in [0.05, 0.1) is 12.2 Å². The summed E-state index contributed by atoms with van der Waals surface area (Å²) in [5, 5.41) is 6.35. The molecule has 2 N–H and O–H groups in total. The van der Waals surface area contributed by atoms with E-state index in [1.807, 2.05) is 42.5 Å². The molecule has 3 aromatic rings. The molecule has 2 aromatic heterocycles. The molecule has 8 heteroatoms. The number of amides is 1. The zero-order valence-corrected chi connectivity index (χ0v) is 15.2. The number of hydrogen-bond donors (Lipinski definition) is 2. The van der Waals surface area contributed by atoms with Crippen LogP contribution in [0.1, 0.15) is 10.5 Å². The molecule has 0 radical (unpaired) electrons. The van der Waals surface area contributed by atoms with Gasteiger partial charge in [0.25, 0.3) is 11.9 Å². The molecule has 0 aliphatic carbocycles. The normalized spacial score (nSPS) is 16.6. The van der Waals surface area contributed by atoms with Gasteiger partial charge in [0.2, 0.25) is 0 Å². The number of nitrogens with zero attached hydrogens (tertiary/aromatic N) is 3. The first-order valence-electron chi connectivity index (χ1n) is 9.12. The number of para-hydroxylation sites is 1. The van der Waals surface area contributed by atoms with Crippen LogP contribution < -0.4 is 15.4 Å². The number of nitrogens with one attached hydrogen (secondary N) is 2. The zero-order chi connectivity index (χ0) is 19.2. The fraction of sp³-hybridized carbons (Fsp3) is 0.250. The van der Waals surface area contributed by atoms with Gasteiger partial charge in [-0.05, 0) is 24.3 Å². The van der Waals surface area contributed by atoms with E-state index in [4.69, 9.17) is 9.15 Å². The van der Waals surface area contributed by atoms with Gasteiger partial charge < -0.3 is 24.7 Å². The summed E-state index contributed by atoms with van der Waals surface area (Å²) in [6, 6.07) is 13.4. The van der Waals surface area contributed by atoms with Gasteiger partial charge in [0, 0.05) is 31.5 Å². The highest BCUT2D eigenvalue weighted by molar-refractivity contribution is 5.92. The molecule has 8 nitrogen and oxygen atoms in total. The van der Waals surface area contributed by atoms with E-state index in [0.717, 1.165) is 12.2 Å². The Morgan fingerprint density at radius 2 is 2.18 bits per heavy atom. The first kappa shape index (κ1) is 18.0. The Morgan fingerprint density at radius 1 is 1.29 bits per heavy atom. The topological polar surface area (TPSA) is 92.5 Å². The third-order valence-electron chi connectivity index (χ3n) is 4.44. The molecule has 1 atom stereocenters. The molecule has 1 saturated heterocycles. The van der Waals surface area contributed by atoms with E-state index in [9.17, 15) is 4.79 Å². The van der Waals surface area contributed by atoms with Gasteiger partial charge in [0.1, 0.15) is 18.6 Å². The molecule has 1 fully saturated rings. The van der Waals surface area contributed by atoms with E-state index in [2.05, 4.69) is 20.6 Å². The van der Waals surface area contributed by atoms with E-state index < -0.39 is 0 Å². The van der Waals surface area contributed by atoms with Crippen molar-refractivity contribution < 1.29 is 13.9 Å². The van der Waals surface area contributed by atoms with Crippen molar-refractivity contribution in [3.63, 3.8) is 0 Å². The number of ether oxygens (including phenoxy) is 1. The lowest BCUT2D eigenvalue weighted by molar-refractivity contribution is 0.0553. The second-order valence-corrected chi connectivity index (χ2v) is 6.39. The van der Waals surface area contributed by atoms with E-state index in [1.54, 1.807) is 17.3 Å². The molecule has 4 rings (SSSR count). The standard InChI is InChI=1S/C20H21N5O3/c26-19(18-14-28-20(24-18)23-15-5-2-1-3-6-15)25-10-9-22-11-16(25)13-27-17-7-4-8-21-12-17/h1-8,12,14,16,22H,9-11,13H2,(H,23,24). The van der Waals surface area contributed by atoms with Gasteiger partial charge in [-0.2, -0.15) is 4.98 Å². The summed E-state index contributed by atoms with van der Waals surface area (Å²) in [5.41, 5.74) is 1.11. The maximum absolute atomic E-state index is 13.0. The molecular formula is C20H21N5O3. The minimum Gasteiger partial charge on any atom is -0.490 e. The van der Waals surface area contributed by atoms with Gasteiger partial charge in [-0.15, -0.1) is 0 Å². The summed E-state index contributed by atoms with van der Waals surface area (Å²) in [6.45, 7) is 2.33. The van der Waals surface area contributed by atoms with Crippen LogP contribution >= 0.6 is 0 Å². The summed E-state index contributed by atoms with van der Waals surface area (Å²) >= 11 is 0. The molecule has 1 aliphatic rings. The average molecular weight is 379 g/mol. The van der Waals surface area contributed by atoms with Gasteiger partial charge >= 0.3 is 0 Å². The first-order chi connectivity index (χ1) is 13.8. The van der Waals surface area contributed by atoms with Crippen molar-refractivity contribution in [2.75, 3.05) is 31.6 Å². The predicted molar refractivity (Wildman–Crippen MR) is 104 cm³/mol. The molecule has 0 bridgehead atoms. The monoisotopic (exact) mass is 379 g/mol. The lowest BCUT2D eigenvalue weighted by Gasteiger charge is -2.35. The molecule has 3 heterocycles. The number of hydrogen-bond acceptors (Lipinski definition) is 7. The quantitative estimate of drug-likeness (QED) is 0.679. The number of rotatable bonds is 6. The number of benzene rings is 1. The Bertz CT molecular complexity index is 900. The summed E-state index contributed by atoms with van der Waals surface area (Å²) in [4.78, 5) is 23.1. The molecule has 144 valence electrons. The van der Waals surface area contributed by atoms with Crippen LogP contribution in [0.15, 0.2) is 65.5 Å². The molecule has 1 aromatic carbocycles. The maximum Gasteiger partial charge on any atom is 0.299 e. The minimum absolute atomic E-state index is 0.108. The number of pyridine rings is 1. The van der Waals surface area contributed by atoms with Crippen molar-refractivity contribution >= 4 is 17.6 Å². The smallest absolute Gasteiger partial charge is 0.299 e. The average Bonchev–Trinajstić information content (AvgIpc) is 3.22. The zero-order valence-electron chi connectivity index (χ0n) is 15.2. The first-order valence-corrected chi connectivity index (χ1v) is 9.12. The van der Waals surface area contributed by atoms with Crippen molar-refractivity contribution in [1.82, 2.24) is 20.2 Å². The Hall–Kier alpha value is -3.39. The summed E-state index contributed by atoms with van der Waals surface area (Å²) < 4.78 is 11.2. The number of piperazine rings is 1. The summed E-state index contributed by atoms with van der Waals surface area (Å²) in [5.74, 6) is 0.502. The molecule has 1 unspecified atom stereocenters. The van der Waals surface area contributed by atoms with E-state index >= 15 is 0 Å². The van der Waals surface area contributed by atoms with Crippen LogP contribution in [0.3, 0.4) is 0 Å². The third-order valence-corrected chi connectivity index (χ3v) is 4.44. The number of carbonyl (C=O) groups excluding carboxylic acids is 1. The Morgan fingerprint density at radius 3 is 3.00 bits per heavy atom. The minimum atomic E-state index is -0.175. The fourth-order valence-corrected chi connectivity index (χ4v) is 3.02. The number of carbonyl (C=O) groups is 1. The van der Waals surface area contributed by atoms with Crippen molar-refractivity contribution in [3.05, 3.63) is 66.8 Å². The van der Waals surface area contributed by atoms with E-state index in [-0.39, 0.29) is 23.7 Å². The highest BCUT2D eigenvalue weighted by Gasteiger charge is 2.29.